The Kier molecular flexibility index (Phi) is 5.84. The first-order chi connectivity index (χ1) is 14.6. The Morgan fingerprint density at radius 2 is 1.60 bits per heavy atom. The normalized spacial score (nSPS) is 22.1. The van der Waals surface area contributed by atoms with Crippen LogP contribution in [-0.4, -0.2) is 35.3 Å². The maximum absolute atomic E-state index is 13.5. The number of carbonyl (C=O) groups excluding carboxylic acids is 3. The van der Waals surface area contributed by atoms with Gasteiger partial charge in [0, 0.05) is 12.5 Å². The lowest BCUT2D eigenvalue weighted by Crippen LogP contribution is -2.47. The maximum atomic E-state index is 13.5. The summed E-state index contributed by atoms with van der Waals surface area (Å²) < 4.78 is 0. The zero-order chi connectivity index (χ0) is 21.0. The molecule has 0 aromatic heterocycles. The van der Waals surface area contributed by atoms with Crippen molar-refractivity contribution in [2.24, 2.45) is 0 Å². The Bertz CT molecular complexity index is 910. The average molecular weight is 405 g/mol. The van der Waals surface area contributed by atoms with Gasteiger partial charge in [0.25, 0.3) is 5.91 Å². The highest BCUT2D eigenvalue weighted by Gasteiger charge is 2.52. The molecule has 2 aromatic carbocycles. The van der Waals surface area contributed by atoms with Crippen molar-refractivity contribution in [3.05, 3.63) is 71.8 Å². The van der Waals surface area contributed by atoms with Gasteiger partial charge in [-0.3, -0.25) is 14.5 Å². The van der Waals surface area contributed by atoms with Gasteiger partial charge in [-0.25, -0.2) is 4.79 Å². The minimum Gasteiger partial charge on any atom is -0.352 e. The van der Waals surface area contributed by atoms with Crippen LogP contribution in [0, 0.1) is 0 Å². The fourth-order valence-electron chi connectivity index (χ4n) is 4.48. The van der Waals surface area contributed by atoms with Gasteiger partial charge in [-0.1, -0.05) is 79.9 Å². The predicted molar refractivity (Wildman–Crippen MR) is 114 cm³/mol. The Balaban J connectivity index is 1.56. The number of urea groups is 1. The molecule has 2 N–H and O–H groups in total. The molecule has 1 aliphatic carbocycles. The van der Waals surface area contributed by atoms with E-state index in [1.54, 1.807) is 0 Å². The van der Waals surface area contributed by atoms with Crippen LogP contribution in [0.1, 0.15) is 43.2 Å². The van der Waals surface area contributed by atoms with Crippen LogP contribution in [0.2, 0.25) is 0 Å². The van der Waals surface area contributed by atoms with Crippen LogP contribution >= 0.6 is 0 Å². The molecule has 1 unspecified atom stereocenters. The van der Waals surface area contributed by atoms with Gasteiger partial charge in [0.05, 0.1) is 0 Å². The van der Waals surface area contributed by atoms with Crippen LogP contribution in [0.5, 0.6) is 0 Å². The Labute approximate surface area is 176 Å². The SMILES string of the molecule is O=C(CN1C(=O)NC(Cc2ccccc2)(c2ccccc2)C1=O)NC1CCCCC1. The molecule has 0 bridgehead atoms. The number of carbonyl (C=O) groups is 3. The summed E-state index contributed by atoms with van der Waals surface area (Å²) in [6, 6.07) is 18.4. The number of rotatable bonds is 6. The van der Waals surface area contributed by atoms with Crippen LogP contribution < -0.4 is 10.6 Å². The zero-order valence-electron chi connectivity index (χ0n) is 17.0. The van der Waals surface area contributed by atoms with Gasteiger partial charge in [0.15, 0.2) is 5.54 Å². The minimum absolute atomic E-state index is 0.134. The Hall–Kier alpha value is -3.15. The molecule has 1 atom stereocenters. The van der Waals surface area contributed by atoms with Gasteiger partial charge in [0.2, 0.25) is 5.91 Å². The molecule has 1 saturated heterocycles. The van der Waals surface area contributed by atoms with Gasteiger partial charge >= 0.3 is 6.03 Å². The largest absolute Gasteiger partial charge is 0.352 e. The lowest BCUT2D eigenvalue weighted by molar-refractivity contribution is -0.135. The van der Waals surface area contributed by atoms with Crippen LogP contribution in [0.15, 0.2) is 60.7 Å². The van der Waals surface area contributed by atoms with E-state index in [1.807, 2.05) is 60.7 Å². The molecule has 4 amide bonds. The summed E-state index contributed by atoms with van der Waals surface area (Å²) in [7, 11) is 0. The number of amides is 4. The van der Waals surface area contributed by atoms with E-state index in [9.17, 15) is 14.4 Å². The molecule has 1 heterocycles. The molecule has 0 spiro atoms. The first-order valence-corrected chi connectivity index (χ1v) is 10.6. The van der Waals surface area contributed by atoms with Gasteiger partial charge in [-0.2, -0.15) is 0 Å². The summed E-state index contributed by atoms with van der Waals surface area (Å²) in [4.78, 5) is 40.0. The fraction of sp³-hybridized carbons (Fsp3) is 0.375. The van der Waals surface area contributed by atoms with Crippen LogP contribution in [0.25, 0.3) is 0 Å². The summed E-state index contributed by atoms with van der Waals surface area (Å²) >= 11 is 0. The molecule has 6 heteroatoms. The van der Waals surface area contributed by atoms with Crippen molar-refractivity contribution in [1.29, 1.82) is 0 Å². The lowest BCUT2D eigenvalue weighted by Gasteiger charge is -2.28. The number of nitrogens with zero attached hydrogens (tertiary/aromatic N) is 1. The fourth-order valence-corrected chi connectivity index (χ4v) is 4.48. The molecule has 30 heavy (non-hydrogen) atoms. The third-order valence-electron chi connectivity index (χ3n) is 6.03. The molecular formula is C24H27N3O3. The molecule has 2 aliphatic rings. The number of benzene rings is 2. The highest BCUT2D eigenvalue weighted by molar-refractivity contribution is 6.09. The second kappa shape index (κ2) is 8.69. The first-order valence-electron chi connectivity index (χ1n) is 10.6. The monoisotopic (exact) mass is 405 g/mol. The van der Waals surface area contributed by atoms with Gasteiger partial charge < -0.3 is 10.6 Å². The summed E-state index contributed by atoms with van der Waals surface area (Å²) in [6.07, 6.45) is 5.62. The van der Waals surface area contributed by atoms with Crippen molar-refractivity contribution < 1.29 is 14.4 Å². The van der Waals surface area contributed by atoms with E-state index in [-0.39, 0.29) is 24.4 Å². The molecule has 156 valence electrons. The van der Waals surface area contributed by atoms with E-state index in [0.717, 1.165) is 36.1 Å². The van der Waals surface area contributed by atoms with Crippen molar-refractivity contribution in [2.45, 2.75) is 50.1 Å². The van der Waals surface area contributed by atoms with Crippen molar-refractivity contribution in [3.8, 4) is 0 Å². The number of hydrogen-bond acceptors (Lipinski definition) is 3. The maximum Gasteiger partial charge on any atom is 0.325 e. The van der Waals surface area contributed by atoms with Crippen molar-refractivity contribution >= 4 is 17.8 Å². The third-order valence-corrected chi connectivity index (χ3v) is 6.03. The smallest absolute Gasteiger partial charge is 0.325 e. The Morgan fingerprint density at radius 1 is 0.967 bits per heavy atom. The zero-order valence-corrected chi connectivity index (χ0v) is 17.0. The van der Waals surface area contributed by atoms with Gasteiger partial charge in [-0.15, -0.1) is 0 Å². The second-order valence-electron chi connectivity index (χ2n) is 8.16. The minimum atomic E-state index is -1.22. The molecular weight excluding hydrogens is 378 g/mol. The molecule has 4 rings (SSSR count). The lowest BCUT2D eigenvalue weighted by atomic mass is 9.83. The highest BCUT2D eigenvalue weighted by atomic mass is 16.2. The molecule has 1 saturated carbocycles. The third kappa shape index (κ3) is 4.08. The van der Waals surface area contributed by atoms with E-state index >= 15 is 0 Å². The molecule has 2 fully saturated rings. The van der Waals surface area contributed by atoms with Gasteiger partial charge in [-0.05, 0) is 24.0 Å². The number of imide groups is 1. The van der Waals surface area contributed by atoms with Crippen molar-refractivity contribution in [1.82, 2.24) is 15.5 Å². The van der Waals surface area contributed by atoms with E-state index in [4.69, 9.17) is 0 Å². The summed E-state index contributed by atoms with van der Waals surface area (Å²) in [5.74, 6) is -0.671. The topological polar surface area (TPSA) is 78.5 Å². The second-order valence-corrected chi connectivity index (χ2v) is 8.16. The number of nitrogens with one attached hydrogen (secondary N) is 2. The summed E-state index contributed by atoms with van der Waals surface area (Å²) in [5, 5.41) is 5.89. The standard InChI is InChI=1S/C24H27N3O3/c28-21(25-20-14-8-3-9-15-20)17-27-22(29)24(26-23(27)30,19-12-6-2-7-13-19)16-18-10-4-1-5-11-18/h1-2,4-7,10-13,20H,3,8-9,14-17H2,(H,25,28)(H,26,30). The number of hydrogen-bond donors (Lipinski definition) is 2. The van der Waals surface area contributed by atoms with E-state index in [0.29, 0.717) is 12.0 Å². The van der Waals surface area contributed by atoms with Crippen LogP contribution in [-0.2, 0) is 21.5 Å². The van der Waals surface area contributed by atoms with Crippen LogP contribution in [0.3, 0.4) is 0 Å². The summed E-state index contributed by atoms with van der Waals surface area (Å²) in [5.41, 5.74) is 0.427. The van der Waals surface area contributed by atoms with E-state index in [2.05, 4.69) is 10.6 Å². The Morgan fingerprint density at radius 3 is 2.27 bits per heavy atom. The van der Waals surface area contributed by atoms with Crippen LogP contribution in [0.4, 0.5) is 4.79 Å². The van der Waals surface area contributed by atoms with Crippen molar-refractivity contribution in [2.75, 3.05) is 6.54 Å². The first kappa shape index (κ1) is 20.1. The average Bonchev–Trinajstić information content (AvgIpc) is 3.01. The van der Waals surface area contributed by atoms with E-state index < -0.39 is 11.6 Å². The highest BCUT2D eigenvalue weighted by Crippen LogP contribution is 2.33. The quantitative estimate of drug-likeness (QED) is 0.725. The van der Waals surface area contributed by atoms with E-state index in [1.165, 1.54) is 6.42 Å². The van der Waals surface area contributed by atoms with Crippen molar-refractivity contribution in [3.63, 3.8) is 0 Å². The molecule has 0 radical (unpaired) electrons. The molecule has 2 aromatic rings. The molecule has 1 aliphatic heterocycles. The predicted octanol–water partition coefficient (Wildman–Crippen LogP) is 3.13. The van der Waals surface area contributed by atoms with Gasteiger partial charge in [0.1, 0.15) is 6.54 Å². The molecule has 6 nitrogen and oxygen atoms in total. The summed E-state index contributed by atoms with van der Waals surface area (Å²) in [6.45, 7) is -0.259.